The summed E-state index contributed by atoms with van der Waals surface area (Å²) in [5, 5.41) is 2.90. The van der Waals surface area contributed by atoms with E-state index in [0.29, 0.717) is 36.4 Å². The van der Waals surface area contributed by atoms with Gasteiger partial charge in [-0.1, -0.05) is 12.1 Å². The lowest BCUT2D eigenvalue weighted by Gasteiger charge is -2.14. The molecule has 0 bridgehead atoms. The maximum Gasteiger partial charge on any atom is 0.251 e. The third-order valence-electron chi connectivity index (χ3n) is 3.58. The molecule has 0 aliphatic carbocycles. The average Bonchev–Trinajstić information content (AvgIpc) is 2.62. The predicted molar refractivity (Wildman–Crippen MR) is 93.7 cm³/mol. The van der Waals surface area contributed by atoms with E-state index in [1.165, 1.54) is 0 Å². The molecular formula is C19H22N2O3. The zero-order chi connectivity index (χ0) is 17.4. The number of aromatic nitrogens is 1. The van der Waals surface area contributed by atoms with Gasteiger partial charge in [0.25, 0.3) is 5.91 Å². The SMILES string of the molecule is C=CCc1cc(C(=O)NCCc2ccccn2)cc(OC)c1OC. The molecule has 0 radical (unpaired) electrons. The Morgan fingerprint density at radius 2 is 2.12 bits per heavy atom. The number of rotatable bonds is 8. The molecule has 2 rings (SSSR count). The van der Waals surface area contributed by atoms with E-state index in [1.54, 1.807) is 38.6 Å². The number of methoxy groups -OCH3 is 2. The summed E-state index contributed by atoms with van der Waals surface area (Å²) in [6, 6.07) is 9.22. The van der Waals surface area contributed by atoms with Crippen LogP contribution in [0.4, 0.5) is 0 Å². The van der Waals surface area contributed by atoms with Crippen molar-refractivity contribution in [3.8, 4) is 11.5 Å². The molecule has 0 atom stereocenters. The van der Waals surface area contributed by atoms with Crippen molar-refractivity contribution in [1.29, 1.82) is 0 Å². The summed E-state index contributed by atoms with van der Waals surface area (Å²) >= 11 is 0. The fourth-order valence-electron chi connectivity index (χ4n) is 2.43. The van der Waals surface area contributed by atoms with Gasteiger partial charge < -0.3 is 14.8 Å². The second-order valence-electron chi connectivity index (χ2n) is 5.19. The third kappa shape index (κ3) is 4.35. The molecule has 1 aromatic carbocycles. The fourth-order valence-corrected chi connectivity index (χ4v) is 2.43. The van der Waals surface area contributed by atoms with Crippen LogP contribution >= 0.6 is 0 Å². The number of hydrogen-bond acceptors (Lipinski definition) is 4. The zero-order valence-electron chi connectivity index (χ0n) is 14.0. The van der Waals surface area contributed by atoms with Crippen LogP contribution in [0.1, 0.15) is 21.6 Å². The maximum atomic E-state index is 12.4. The van der Waals surface area contributed by atoms with E-state index < -0.39 is 0 Å². The van der Waals surface area contributed by atoms with Gasteiger partial charge in [0.1, 0.15) is 0 Å². The van der Waals surface area contributed by atoms with Crippen LogP contribution in [0.15, 0.2) is 49.2 Å². The number of benzene rings is 1. The molecule has 0 aliphatic heterocycles. The molecule has 1 amide bonds. The zero-order valence-corrected chi connectivity index (χ0v) is 14.0. The molecule has 5 nitrogen and oxygen atoms in total. The first-order valence-corrected chi connectivity index (χ1v) is 7.73. The molecule has 0 fully saturated rings. The highest BCUT2D eigenvalue weighted by Gasteiger charge is 2.15. The van der Waals surface area contributed by atoms with E-state index in [-0.39, 0.29) is 5.91 Å². The minimum atomic E-state index is -0.155. The largest absolute Gasteiger partial charge is 0.493 e. The predicted octanol–water partition coefficient (Wildman–Crippen LogP) is 2.80. The first-order valence-electron chi connectivity index (χ1n) is 7.73. The van der Waals surface area contributed by atoms with Crippen LogP contribution in [0.25, 0.3) is 0 Å². The Labute approximate surface area is 142 Å². The smallest absolute Gasteiger partial charge is 0.251 e. The van der Waals surface area contributed by atoms with Crippen molar-refractivity contribution in [2.75, 3.05) is 20.8 Å². The van der Waals surface area contributed by atoms with Gasteiger partial charge in [-0.3, -0.25) is 9.78 Å². The number of ether oxygens (including phenoxy) is 2. The number of nitrogens with zero attached hydrogens (tertiary/aromatic N) is 1. The van der Waals surface area contributed by atoms with Crippen LogP contribution in [-0.2, 0) is 12.8 Å². The number of amides is 1. The Morgan fingerprint density at radius 3 is 2.75 bits per heavy atom. The standard InChI is InChI=1S/C19H22N2O3/c1-4-7-14-12-15(13-17(23-2)18(14)24-3)19(22)21-11-9-16-8-5-6-10-20-16/h4-6,8,10,12-13H,1,7,9,11H2,2-3H3,(H,21,22). The highest BCUT2D eigenvalue weighted by Crippen LogP contribution is 2.33. The monoisotopic (exact) mass is 326 g/mol. The molecule has 1 aromatic heterocycles. The third-order valence-corrected chi connectivity index (χ3v) is 3.58. The molecule has 0 unspecified atom stereocenters. The Kier molecular flexibility index (Phi) is 6.37. The molecule has 1 heterocycles. The molecule has 0 saturated heterocycles. The van der Waals surface area contributed by atoms with Crippen LogP contribution < -0.4 is 14.8 Å². The molecular weight excluding hydrogens is 304 g/mol. The normalized spacial score (nSPS) is 10.1. The van der Waals surface area contributed by atoms with Crippen molar-refractivity contribution >= 4 is 5.91 Å². The van der Waals surface area contributed by atoms with Crippen LogP contribution in [0.5, 0.6) is 11.5 Å². The lowest BCUT2D eigenvalue weighted by Crippen LogP contribution is -2.26. The lowest BCUT2D eigenvalue weighted by molar-refractivity contribution is 0.0953. The van der Waals surface area contributed by atoms with Crippen LogP contribution in [0.2, 0.25) is 0 Å². The Morgan fingerprint density at radius 1 is 1.29 bits per heavy atom. The summed E-state index contributed by atoms with van der Waals surface area (Å²) < 4.78 is 10.7. The Hall–Kier alpha value is -2.82. The minimum Gasteiger partial charge on any atom is -0.493 e. The highest BCUT2D eigenvalue weighted by molar-refractivity contribution is 5.95. The summed E-state index contributed by atoms with van der Waals surface area (Å²) in [6.45, 7) is 4.26. The molecule has 2 aromatic rings. The van der Waals surface area contributed by atoms with Gasteiger partial charge in [0.15, 0.2) is 11.5 Å². The van der Waals surface area contributed by atoms with Gasteiger partial charge >= 0.3 is 0 Å². The molecule has 0 saturated carbocycles. The van der Waals surface area contributed by atoms with Crippen molar-refractivity contribution in [1.82, 2.24) is 10.3 Å². The van der Waals surface area contributed by atoms with Crippen LogP contribution in [-0.4, -0.2) is 31.7 Å². The van der Waals surface area contributed by atoms with E-state index >= 15 is 0 Å². The van der Waals surface area contributed by atoms with Gasteiger partial charge in [0.2, 0.25) is 0 Å². The van der Waals surface area contributed by atoms with Crippen molar-refractivity contribution < 1.29 is 14.3 Å². The minimum absolute atomic E-state index is 0.155. The summed E-state index contributed by atoms with van der Waals surface area (Å²) in [7, 11) is 3.13. The van der Waals surface area contributed by atoms with Gasteiger partial charge in [0.05, 0.1) is 14.2 Å². The number of nitrogens with one attached hydrogen (secondary N) is 1. The summed E-state index contributed by atoms with van der Waals surface area (Å²) in [5.41, 5.74) is 2.34. The quantitative estimate of drug-likeness (QED) is 0.758. The summed E-state index contributed by atoms with van der Waals surface area (Å²) in [5.74, 6) is 1.01. The lowest BCUT2D eigenvalue weighted by atomic mass is 10.0. The Bertz CT molecular complexity index is 699. The van der Waals surface area contributed by atoms with E-state index in [2.05, 4.69) is 16.9 Å². The average molecular weight is 326 g/mol. The molecule has 0 spiro atoms. The van der Waals surface area contributed by atoms with E-state index in [0.717, 1.165) is 11.3 Å². The topological polar surface area (TPSA) is 60.5 Å². The van der Waals surface area contributed by atoms with Crippen molar-refractivity contribution in [2.24, 2.45) is 0 Å². The first kappa shape index (κ1) is 17.5. The fraction of sp³-hybridized carbons (Fsp3) is 0.263. The first-order chi connectivity index (χ1) is 11.7. The second kappa shape index (κ2) is 8.72. The number of pyridine rings is 1. The van der Waals surface area contributed by atoms with Crippen molar-refractivity contribution in [3.05, 3.63) is 66.0 Å². The summed E-state index contributed by atoms with van der Waals surface area (Å²) in [6.07, 6.45) is 4.78. The van der Waals surface area contributed by atoms with E-state index in [1.807, 2.05) is 18.2 Å². The number of carbonyl (C=O) groups excluding carboxylic acids is 1. The molecule has 1 N–H and O–H groups in total. The van der Waals surface area contributed by atoms with Gasteiger partial charge in [-0.05, 0) is 30.7 Å². The van der Waals surface area contributed by atoms with Gasteiger partial charge in [-0.25, -0.2) is 0 Å². The van der Waals surface area contributed by atoms with Gasteiger partial charge in [-0.15, -0.1) is 6.58 Å². The Balaban J connectivity index is 2.10. The molecule has 0 aliphatic rings. The van der Waals surface area contributed by atoms with Crippen LogP contribution in [0, 0.1) is 0 Å². The van der Waals surface area contributed by atoms with Gasteiger partial charge in [0, 0.05) is 36.0 Å². The number of allylic oxidation sites excluding steroid dienone is 1. The summed E-state index contributed by atoms with van der Waals surface area (Å²) in [4.78, 5) is 16.6. The van der Waals surface area contributed by atoms with E-state index in [4.69, 9.17) is 9.47 Å². The highest BCUT2D eigenvalue weighted by atomic mass is 16.5. The van der Waals surface area contributed by atoms with Crippen molar-refractivity contribution in [3.63, 3.8) is 0 Å². The maximum absolute atomic E-state index is 12.4. The molecule has 5 heteroatoms. The molecule has 24 heavy (non-hydrogen) atoms. The number of hydrogen-bond donors (Lipinski definition) is 1. The molecule has 126 valence electrons. The van der Waals surface area contributed by atoms with Gasteiger partial charge in [-0.2, -0.15) is 0 Å². The van der Waals surface area contributed by atoms with E-state index in [9.17, 15) is 4.79 Å². The second-order valence-corrected chi connectivity index (χ2v) is 5.19. The van der Waals surface area contributed by atoms with Crippen LogP contribution in [0.3, 0.4) is 0 Å². The number of carbonyl (C=O) groups is 1. The van der Waals surface area contributed by atoms with Crippen molar-refractivity contribution in [2.45, 2.75) is 12.8 Å².